The van der Waals surface area contributed by atoms with E-state index in [-0.39, 0.29) is 17.1 Å². The first-order chi connectivity index (χ1) is 12.4. The summed E-state index contributed by atoms with van der Waals surface area (Å²) in [6, 6.07) is 14.0. The number of nitrogens with two attached hydrogens (primary N) is 1. The number of halogens is 2. The molecule has 0 unspecified atom stereocenters. The number of thiocarbonyl (C=S) groups is 1. The minimum Gasteiger partial charge on any atom is -0.476 e. The summed E-state index contributed by atoms with van der Waals surface area (Å²) in [6.45, 7) is 0. The molecule has 0 fully saturated rings. The molecule has 26 heavy (non-hydrogen) atoms. The van der Waals surface area contributed by atoms with E-state index in [9.17, 15) is 9.90 Å². The van der Waals surface area contributed by atoms with Crippen LogP contribution in [-0.2, 0) is 6.42 Å². The number of hydrogen-bond donors (Lipinski definition) is 2. The molecule has 132 valence electrons. The Morgan fingerprint density at radius 2 is 1.81 bits per heavy atom. The first-order valence-electron chi connectivity index (χ1n) is 7.53. The van der Waals surface area contributed by atoms with Gasteiger partial charge < -0.3 is 10.8 Å². The highest BCUT2D eigenvalue weighted by Crippen LogP contribution is 2.33. The third-order valence-corrected chi connectivity index (χ3v) is 4.45. The van der Waals surface area contributed by atoms with Gasteiger partial charge in [0.25, 0.3) is 0 Å². The Kier molecular flexibility index (Phi) is 5.27. The van der Waals surface area contributed by atoms with Gasteiger partial charge in [0.1, 0.15) is 0 Å². The summed E-state index contributed by atoms with van der Waals surface area (Å²) < 4.78 is 1.50. The first kappa shape index (κ1) is 18.4. The number of rotatable bonds is 5. The second-order valence-corrected chi connectivity index (χ2v) is 6.86. The van der Waals surface area contributed by atoms with Gasteiger partial charge >= 0.3 is 5.97 Å². The van der Waals surface area contributed by atoms with E-state index in [4.69, 9.17) is 41.2 Å². The van der Waals surface area contributed by atoms with Gasteiger partial charge in [-0.15, -0.1) is 0 Å². The maximum Gasteiger partial charge on any atom is 0.356 e. The fraction of sp³-hybridized carbons (Fsp3) is 0.0556. The van der Waals surface area contributed by atoms with Gasteiger partial charge in [0, 0.05) is 22.6 Å². The largest absolute Gasteiger partial charge is 0.476 e. The van der Waals surface area contributed by atoms with Crippen LogP contribution in [0.3, 0.4) is 0 Å². The Labute approximate surface area is 165 Å². The van der Waals surface area contributed by atoms with E-state index in [2.05, 4.69) is 5.10 Å². The number of carbonyl (C=O) groups is 1. The van der Waals surface area contributed by atoms with E-state index in [1.54, 1.807) is 48.5 Å². The van der Waals surface area contributed by atoms with Crippen molar-refractivity contribution >= 4 is 46.4 Å². The van der Waals surface area contributed by atoms with Crippen LogP contribution in [0.1, 0.15) is 16.1 Å². The van der Waals surface area contributed by atoms with Gasteiger partial charge in [0.15, 0.2) is 5.69 Å². The molecule has 5 nitrogen and oxygen atoms in total. The Bertz CT molecular complexity index is 1000. The van der Waals surface area contributed by atoms with Crippen molar-refractivity contribution in [2.24, 2.45) is 5.73 Å². The minimum absolute atomic E-state index is 0.0966. The first-order valence-corrected chi connectivity index (χ1v) is 8.69. The Morgan fingerprint density at radius 3 is 2.38 bits per heavy atom. The molecule has 0 saturated carbocycles. The number of hydrogen-bond acceptors (Lipinski definition) is 3. The molecular formula is C18H13Cl2N3O2S. The lowest BCUT2D eigenvalue weighted by atomic mass is 10.0. The lowest BCUT2D eigenvalue weighted by Crippen LogP contribution is -2.14. The lowest BCUT2D eigenvalue weighted by molar-refractivity contribution is 0.0689. The van der Waals surface area contributed by atoms with Crippen molar-refractivity contribution in [3.05, 3.63) is 69.8 Å². The molecular weight excluding hydrogens is 393 g/mol. The molecule has 0 aliphatic rings. The molecule has 2 aromatic carbocycles. The highest BCUT2D eigenvalue weighted by atomic mass is 35.5. The Hall–Kier alpha value is -2.41. The average Bonchev–Trinajstić information content (AvgIpc) is 2.94. The van der Waals surface area contributed by atoms with Crippen molar-refractivity contribution in [2.75, 3.05) is 0 Å². The van der Waals surface area contributed by atoms with Crippen LogP contribution in [0, 0.1) is 0 Å². The van der Waals surface area contributed by atoms with Crippen LogP contribution in [0.25, 0.3) is 16.9 Å². The molecule has 0 bridgehead atoms. The molecule has 0 radical (unpaired) electrons. The van der Waals surface area contributed by atoms with Gasteiger partial charge in [-0.25, -0.2) is 9.48 Å². The summed E-state index contributed by atoms with van der Waals surface area (Å²) in [7, 11) is 0. The minimum atomic E-state index is -1.17. The van der Waals surface area contributed by atoms with Gasteiger partial charge in [-0.1, -0.05) is 59.7 Å². The number of aromatic carboxylic acids is 1. The molecule has 3 rings (SSSR count). The Balaban J connectivity index is 2.36. The molecule has 1 heterocycles. The molecule has 3 N–H and O–H groups in total. The summed E-state index contributed by atoms with van der Waals surface area (Å²) in [5.41, 5.74) is 7.83. The van der Waals surface area contributed by atoms with Crippen molar-refractivity contribution in [3.63, 3.8) is 0 Å². The van der Waals surface area contributed by atoms with E-state index >= 15 is 0 Å². The molecule has 0 saturated heterocycles. The molecule has 0 atom stereocenters. The number of nitrogens with zero attached hydrogens (tertiary/aromatic N) is 2. The summed E-state index contributed by atoms with van der Waals surface area (Å²) >= 11 is 17.3. The Morgan fingerprint density at radius 1 is 1.15 bits per heavy atom. The van der Waals surface area contributed by atoms with E-state index in [1.807, 2.05) is 0 Å². The molecule has 3 aromatic rings. The third-order valence-electron chi connectivity index (χ3n) is 3.74. The van der Waals surface area contributed by atoms with Gasteiger partial charge in [0.05, 0.1) is 21.4 Å². The van der Waals surface area contributed by atoms with Crippen LogP contribution < -0.4 is 5.73 Å². The number of carboxylic acid groups (broad SMARTS) is 1. The van der Waals surface area contributed by atoms with Crippen LogP contribution in [0.4, 0.5) is 0 Å². The van der Waals surface area contributed by atoms with Gasteiger partial charge in [-0.3, -0.25) is 0 Å². The lowest BCUT2D eigenvalue weighted by Gasteiger charge is -2.11. The molecule has 0 aliphatic heterocycles. The topological polar surface area (TPSA) is 81.1 Å². The van der Waals surface area contributed by atoms with Crippen LogP contribution >= 0.6 is 35.4 Å². The second-order valence-electron chi connectivity index (χ2n) is 5.49. The van der Waals surface area contributed by atoms with E-state index in [0.717, 1.165) is 5.56 Å². The van der Waals surface area contributed by atoms with Crippen LogP contribution in [0.15, 0.2) is 48.5 Å². The zero-order valence-electron chi connectivity index (χ0n) is 13.3. The summed E-state index contributed by atoms with van der Waals surface area (Å²) in [6.07, 6.45) is 0.0966. The number of aromatic nitrogens is 2. The average molecular weight is 406 g/mol. The highest BCUT2D eigenvalue weighted by molar-refractivity contribution is 7.80. The summed E-state index contributed by atoms with van der Waals surface area (Å²) in [5.74, 6) is -1.17. The molecule has 0 spiro atoms. The van der Waals surface area contributed by atoms with Gasteiger partial charge in [-0.2, -0.15) is 5.10 Å². The zero-order chi connectivity index (χ0) is 18.8. The molecule has 8 heteroatoms. The predicted molar refractivity (Wildman–Crippen MR) is 106 cm³/mol. The van der Waals surface area contributed by atoms with Gasteiger partial charge in [-0.05, 0) is 24.3 Å². The van der Waals surface area contributed by atoms with E-state index in [0.29, 0.717) is 27.0 Å². The number of para-hydroxylation sites is 1. The number of benzene rings is 2. The van der Waals surface area contributed by atoms with E-state index < -0.39 is 5.97 Å². The van der Waals surface area contributed by atoms with Crippen molar-refractivity contribution < 1.29 is 9.90 Å². The van der Waals surface area contributed by atoms with Crippen molar-refractivity contribution in [1.29, 1.82) is 0 Å². The fourth-order valence-electron chi connectivity index (χ4n) is 2.67. The van der Waals surface area contributed by atoms with E-state index in [1.165, 1.54) is 4.68 Å². The third kappa shape index (κ3) is 3.58. The summed E-state index contributed by atoms with van der Waals surface area (Å²) in [4.78, 5) is 11.9. The van der Waals surface area contributed by atoms with Crippen LogP contribution in [0.2, 0.25) is 10.0 Å². The smallest absolute Gasteiger partial charge is 0.356 e. The van der Waals surface area contributed by atoms with Crippen LogP contribution in [-0.4, -0.2) is 25.8 Å². The quantitative estimate of drug-likeness (QED) is 0.615. The highest BCUT2D eigenvalue weighted by Gasteiger charge is 2.25. The molecule has 1 aromatic heterocycles. The zero-order valence-corrected chi connectivity index (χ0v) is 15.6. The van der Waals surface area contributed by atoms with Crippen LogP contribution in [0.5, 0.6) is 0 Å². The fourth-order valence-corrected chi connectivity index (χ4v) is 3.15. The molecule has 0 amide bonds. The maximum absolute atomic E-state index is 11.8. The molecule has 0 aliphatic carbocycles. The van der Waals surface area contributed by atoms with Crippen molar-refractivity contribution in [2.45, 2.75) is 6.42 Å². The van der Waals surface area contributed by atoms with Crippen molar-refractivity contribution in [3.8, 4) is 16.9 Å². The summed E-state index contributed by atoms with van der Waals surface area (Å²) in [5, 5.41) is 14.9. The number of carboxylic acids is 1. The standard InChI is InChI=1S/C18H13Cl2N3O2S/c19-11-7-5-10(6-8-11)17-12(9-15(21)26)16(18(24)25)22-23(17)14-4-2-1-3-13(14)20/h1-8H,9H2,(H2,21,26)(H,24,25). The maximum atomic E-state index is 11.8. The normalized spacial score (nSPS) is 10.7. The predicted octanol–water partition coefficient (Wildman–Crippen LogP) is 4.37. The van der Waals surface area contributed by atoms with Crippen molar-refractivity contribution in [1.82, 2.24) is 9.78 Å². The van der Waals surface area contributed by atoms with Gasteiger partial charge in [0.2, 0.25) is 0 Å². The monoisotopic (exact) mass is 405 g/mol. The SMILES string of the molecule is NC(=S)Cc1c(C(=O)O)nn(-c2ccccc2Cl)c1-c1ccc(Cl)cc1. The second kappa shape index (κ2) is 7.45.